The lowest BCUT2D eigenvalue weighted by Crippen LogP contribution is -2.05. The molecule has 0 fully saturated rings. The van der Waals surface area contributed by atoms with Crippen LogP contribution in [0.2, 0.25) is 0 Å². The molecule has 0 aliphatic rings. The van der Waals surface area contributed by atoms with E-state index in [0.29, 0.717) is 10.8 Å². The third kappa shape index (κ3) is 3.50. The predicted octanol–water partition coefficient (Wildman–Crippen LogP) is 1.89. The standard InChI is InChI=1S/C15H12O6/c1-20-14(18)4-5-15(19)21-11-3-2-9-7-12(16)13(17)8-10(9)6-11/h2-8,16-17H,1H3/b5-4-. The second kappa shape index (κ2) is 5.96. The van der Waals surface area contributed by atoms with Crippen LogP contribution in [0.4, 0.5) is 0 Å². The Morgan fingerprint density at radius 2 is 1.57 bits per heavy atom. The number of rotatable bonds is 3. The van der Waals surface area contributed by atoms with Crippen LogP contribution in [-0.2, 0) is 14.3 Å². The van der Waals surface area contributed by atoms with E-state index in [4.69, 9.17) is 4.74 Å². The van der Waals surface area contributed by atoms with Gasteiger partial charge in [-0.3, -0.25) is 0 Å². The van der Waals surface area contributed by atoms with Crippen LogP contribution in [0.3, 0.4) is 0 Å². The lowest BCUT2D eigenvalue weighted by atomic mass is 10.1. The topological polar surface area (TPSA) is 93.1 Å². The fourth-order valence-electron chi connectivity index (χ4n) is 1.67. The van der Waals surface area contributed by atoms with Crippen LogP contribution < -0.4 is 4.74 Å². The van der Waals surface area contributed by atoms with Gasteiger partial charge >= 0.3 is 11.9 Å². The van der Waals surface area contributed by atoms with E-state index in [1.165, 1.54) is 31.4 Å². The van der Waals surface area contributed by atoms with E-state index >= 15 is 0 Å². The highest BCUT2D eigenvalue weighted by molar-refractivity contribution is 5.93. The molecule has 0 bridgehead atoms. The first-order valence-corrected chi connectivity index (χ1v) is 5.93. The number of carbonyl (C=O) groups excluding carboxylic acids is 2. The lowest BCUT2D eigenvalue weighted by molar-refractivity contribution is -0.135. The molecular formula is C15H12O6. The molecule has 0 radical (unpaired) electrons. The first-order valence-electron chi connectivity index (χ1n) is 5.93. The number of ether oxygens (including phenoxy) is 2. The van der Waals surface area contributed by atoms with Gasteiger partial charge in [0.05, 0.1) is 7.11 Å². The number of phenolic OH excluding ortho intramolecular Hbond substituents is 2. The van der Waals surface area contributed by atoms with Crippen molar-refractivity contribution >= 4 is 22.7 Å². The molecule has 108 valence electrons. The van der Waals surface area contributed by atoms with Crippen molar-refractivity contribution in [3.63, 3.8) is 0 Å². The van der Waals surface area contributed by atoms with E-state index < -0.39 is 11.9 Å². The first kappa shape index (κ1) is 14.4. The van der Waals surface area contributed by atoms with Crippen molar-refractivity contribution in [2.75, 3.05) is 7.11 Å². The van der Waals surface area contributed by atoms with Gasteiger partial charge < -0.3 is 19.7 Å². The number of hydrogen-bond donors (Lipinski definition) is 2. The smallest absolute Gasteiger partial charge is 0.336 e. The zero-order valence-corrected chi connectivity index (χ0v) is 11.1. The van der Waals surface area contributed by atoms with Crippen LogP contribution in [0.1, 0.15) is 0 Å². The normalized spacial score (nSPS) is 10.7. The molecule has 0 aliphatic carbocycles. The largest absolute Gasteiger partial charge is 0.504 e. The maximum atomic E-state index is 11.5. The number of methoxy groups -OCH3 is 1. The fraction of sp³-hybridized carbons (Fsp3) is 0.0667. The summed E-state index contributed by atoms with van der Waals surface area (Å²) in [4.78, 5) is 22.3. The molecule has 2 aromatic carbocycles. The quantitative estimate of drug-likeness (QED) is 0.388. The molecule has 0 aromatic heterocycles. The molecule has 0 heterocycles. The number of aromatic hydroxyl groups is 2. The molecule has 0 unspecified atom stereocenters. The Bertz CT molecular complexity index is 732. The van der Waals surface area contributed by atoms with E-state index in [2.05, 4.69) is 4.74 Å². The number of fused-ring (bicyclic) bond motifs is 1. The summed E-state index contributed by atoms with van der Waals surface area (Å²) in [5, 5.41) is 20.1. The molecule has 0 saturated heterocycles. The Morgan fingerprint density at radius 3 is 2.24 bits per heavy atom. The van der Waals surface area contributed by atoms with Gasteiger partial charge in [-0.15, -0.1) is 0 Å². The van der Waals surface area contributed by atoms with Crippen molar-refractivity contribution in [3.05, 3.63) is 42.5 Å². The van der Waals surface area contributed by atoms with Gasteiger partial charge in [-0.1, -0.05) is 6.07 Å². The highest BCUT2D eigenvalue weighted by atomic mass is 16.5. The van der Waals surface area contributed by atoms with Gasteiger partial charge in [-0.05, 0) is 35.0 Å². The van der Waals surface area contributed by atoms with Crippen molar-refractivity contribution in [2.45, 2.75) is 0 Å². The molecule has 0 spiro atoms. The number of esters is 2. The molecule has 2 aromatic rings. The summed E-state index contributed by atoms with van der Waals surface area (Å²) in [6, 6.07) is 7.43. The highest BCUT2D eigenvalue weighted by Crippen LogP contribution is 2.31. The molecule has 0 amide bonds. The molecule has 0 saturated carbocycles. The lowest BCUT2D eigenvalue weighted by Gasteiger charge is -2.05. The van der Waals surface area contributed by atoms with Gasteiger partial charge in [-0.25, -0.2) is 9.59 Å². The summed E-state index contributed by atoms with van der Waals surface area (Å²) in [5.41, 5.74) is 0. The summed E-state index contributed by atoms with van der Waals surface area (Å²) in [6.45, 7) is 0. The van der Waals surface area contributed by atoms with E-state index in [0.717, 1.165) is 12.2 Å². The number of carbonyl (C=O) groups is 2. The summed E-state index contributed by atoms with van der Waals surface area (Å²) in [6.07, 6.45) is 1.90. The molecular weight excluding hydrogens is 276 g/mol. The minimum atomic E-state index is -0.734. The minimum Gasteiger partial charge on any atom is -0.504 e. The van der Waals surface area contributed by atoms with Crippen LogP contribution in [0.5, 0.6) is 17.2 Å². The highest BCUT2D eigenvalue weighted by Gasteiger charge is 2.06. The van der Waals surface area contributed by atoms with E-state index in [-0.39, 0.29) is 17.2 Å². The van der Waals surface area contributed by atoms with E-state index in [9.17, 15) is 19.8 Å². The van der Waals surface area contributed by atoms with Gasteiger partial charge in [0, 0.05) is 12.2 Å². The Balaban J connectivity index is 2.19. The van der Waals surface area contributed by atoms with Crippen molar-refractivity contribution in [1.29, 1.82) is 0 Å². The number of hydrogen-bond acceptors (Lipinski definition) is 6. The SMILES string of the molecule is COC(=O)/C=C\C(=O)Oc1ccc2cc(O)c(O)cc2c1. The molecule has 6 nitrogen and oxygen atoms in total. The van der Waals surface area contributed by atoms with Gasteiger partial charge in [0.2, 0.25) is 0 Å². The van der Waals surface area contributed by atoms with E-state index in [1.807, 2.05) is 0 Å². The summed E-state index contributed by atoms with van der Waals surface area (Å²) in [7, 11) is 1.20. The third-order valence-electron chi connectivity index (χ3n) is 2.68. The van der Waals surface area contributed by atoms with Crippen LogP contribution in [0.15, 0.2) is 42.5 Å². The molecule has 6 heteroatoms. The Morgan fingerprint density at radius 1 is 0.952 bits per heavy atom. The van der Waals surface area contributed by atoms with Gasteiger partial charge in [0.1, 0.15) is 5.75 Å². The van der Waals surface area contributed by atoms with Crippen LogP contribution in [-0.4, -0.2) is 29.3 Å². The van der Waals surface area contributed by atoms with E-state index in [1.54, 1.807) is 6.07 Å². The number of phenols is 2. The van der Waals surface area contributed by atoms with Crippen LogP contribution in [0, 0.1) is 0 Å². The molecule has 21 heavy (non-hydrogen) atoms. The summed E-state index contributed by atoms with van der Waals surface area (Å²) >= 11 is 0. The zero-order chi connectivity index (χ0) is 15.4. The average Bonchev–Trinajstić information content (AvgIpc) is 2.46. The molecule has 2 rings (SSSR count). The van der Waals surface area contributed by atoms with Crippen molar-refractivity contribution < 1.29 is 29.3 Å². The van der Waals surface area contributed by atoms with Crippen molar-refractivity contribution in [1.82, 2.24) is 0 Å². The summed E-state index contributed by atoms with van der Waals surface area (Å²) in [5.74, 6) is -1.65. The van der Waals surface area contributed by atoms with Crippen LogP contribution in [0.25, 0.3) is 10.8 Å². The first-order chi connectivity index (χ1) is 9.99. The molecule has 0 atom stereocenters. The Hall–Kier alpha value is -3.02. The Labute approximate surface area is 119 Å². The predicted molar refractivity (Wildman–Crippen MR) is 74.1 cm³/mol. The van der Waals surface area contributed by atoms with Gasteiger partial charge in [0.25, 0.3) is 0 Å². The number of benzene rings is 2. The minimum absolute atomic E-state index is 0.228. The second-order valence-corrected chi connectivity index (χ2v) is 4.13. The molecule has 0 aliphatic heterocycles. The van der Waals surface area contributed by atoms with Crippen molar-refractivity contribution in [3.8, 4) is 17.2 Å². The van der Waals surface area contributed by atoms with Crippen LogP contribution >= 0.6 is 0 Å². The summed E-state index contributed by atoms with van der Waals surface area (Å²) < 4.78 is 9.36. The maximum absolute atomic E-state index is 11.5. The fourth-order valence-corrected chi connectivity index (χ4v) is 1.67. The zero-order valence-electron chi connectivity index (χ0n) is 11.1. The van der Waals surface area contributed by atoms with Gasteiger partial charge in [-0.2, -0.15) is 0 Å². The Kier molecular flexibility index (Phi) is 4.08. The van der Waals surface area contributed by atoms with Crippen molar-refractivity contribution in [2.24, 2.45) is 0 Å². The monoisotopic (exact) mass is 288 g/mol. The average molecular weight is 288 g/mol. The van der Waals surface area contributed by atoms with Gasteiger partial charge in [0.15, 0.2) is 11.5 Å². The second-order valence-electron chi connectivity index (χ2n) is 4.13. The maximum Gasteiger partial charge on any atom is 0.336 e. The molecule has 2 N–H and O–H groups in total. The third-order valence-corrected chi connectivity index (χ3v) is 2.68.